The van der Waals surface area contributed by atoms with E-state index in [9.17, 15) is 39.0 Å². The number of carboxylic acid groups (broad SMARTS) is 2. The number of amides is 4. The van der Waals surface area contributed by atoms with E-state index in [1.165, 1.54) is 11.3 Å². The molecule has 1 aromatic heterocycles. The van der Waals surface area contributed by atoms with Crippen molar-refractivity contribution >= 4 is 46.9 Å². The summed E-state index contributed by atoms with van der Waals surface area (Å²) >= 11 is 1.38. The Morgan fingerprint density at radius 3 is 2.12 bits per heavy atom. The van der Waals surface area contributed by atoms with Crippen LogP contribution in [0.2, 0.25) is 0 Å². The standard InChI is InChI=1S/C33H53N5O9S/c1-4-10-23(33(46)47)35-32(45)28(41)24(17-20-11-7-6-8-12-20)36-30(43)25(18-21-13-9-16-48-21)37-31(44)27(19(3)5-2)38-29(42)22(34)14-15-26(39)40/h9,13,16,19-20,22-25,27-28,41H,4-8,10-12,14-15,17-18,34H2,1-3H3,(H,35,45)(H,36,43)(H,37,44)(H,38,42)(H,39,40)(H,46,47)/t19-,22-,23-,24+,25-,27-,28+/m0/s1. The number of rotatable bonds is 21. The highest BCUT2D eigenvalue weighted by molar-refractivity contribution is 7.09. The molecule has 0 spiro atoms. The molecule has 2 rings (SSSR count). The van der Waals surface area contributed by atoms with Crippen molar-refractivity contribution in [2.75, 3.05) is 0 Å². The Morgan fingerprint density at radius 1 is 0.896 bits per heavy atom. The summed E-state index contributed by atoms with van der Waals surface area (Å²) < 4.78 is 0. The lowest BCUT2D eigenvalue weighted by atomic mass is 9.83. The molecule has 0 radical (unpaired) electrons. The molecule has 7 atom stereocenters. The first-order valence-corrected chi connectivity index (χ1v) is 17.8. The Kier molecular flexibility index (Phi) is 17.5. The number of aliphatic hydroxyl groups excluding tert-OH is 1. The smallest absolute Gasteiger partial charge is 0.326 e. The first-order chi connectivity index (χ1) is 22.8. The number of thiophene rings is 1. The molecular formula is C33H53N5O9S. The number of hydrogen-bond acceptors (Lipinski definition) is 9. The van der Waals surface area contributed by atoms with E-state index in [1.54, 1.807) is 26.0 Å². The molecule has 1 aromatic rings. The zero-order chi connectivity index (χ0) is 35.8. The van der Waals surface area contributed by atoms with E-state index in [-0.39, 0.29) is 43.9 Å². The fourth-order valence-corrected chi connectivity index (χ4v) is 6.54. The van der Waals surface area contributed by atoms with Gasteiger partial charge in [-0.15, -0.1) is 11.3 Å². The van der Waals surface area contributed by atoms with Gasteiger partial charge in [0.1, 0.15) is 18.1 Å². The first-order valence-electron chi connectivity index (χ1n) is 16.9. The van der Waals surface area contributed by atoms with Crippen molar-refractivity contribution in [2.24, 2.45) is 17.6 Å². The first kappa shape index (κ1) is 40.6. The van der Waals surface area contributed by atoms with Crippen LogP contribution in [0.3, 0.4) is 0 Å². The van der Waals surface area contributed by atoms with Gasteiger partial charge in [-0.2, -0.15) is 0 Å². The van der Waals surface area contributed by atoms with Gasteiger partial charge in [0.15, 0.2) is 6.10 Å². The van der Waals surface area contributed by atoms with Crippen molar-refractivity contribution in [3.8, 4) is 0 Å². The van der Waals surface area contributed by atoms with Gasteiger partial charge >= 0.3 is 11.9 Å². The van der Waals surface area contributed by atoms with E-state index >= 15 is 0 Å². The van der Waals surface area contributed by atoms with Gasteiger partial charge in [-0.3, -0.25) is 24.0 Å². The molecule has 0 aliphatic heterocycles. The summed E-state index contributed by atoms with van der Waals surface area (Å²) in [7, 11) is 0. The summed E-state index contributed by atoms with van der Waals surface area (Å²) in [4.78, 5) is 77.0. The molecule has 0 unspecified atom stereocenters. The number of aliphatic hydroxyl groups is 1. The molecular weight excluding hydrogens is 642 g/mol. The van der Waals surface area contributed by atoms with E-state index < -0.39 is 71.9 Å². The predicted octanol–water partition coefficient (Wildman–Crippen LogP) is 1.68. The molecule has 0 saturated heterocycles. The number of carbonyl (C=O) groups is 6. The van der Waals surface area contributed by atoms with Crippen LogP contribution in [0.15, 0.2) is 17.5 Å². The van der Waals surface area contributed by atoms with Crippen LogP contribution < -0.4 is 27.0 Å². The van der Waals surface area contributed by atoms with E-state index in [1.807, 2.05) is 12.3 Å². The average Bonchev–Trinajstić information content (AvgIpc) is 3.57. The van der Waals surface area contributed by atoms with Crippen LogP contribution >= 0.6 is 11.3 Å². The van der Waals surface area contributed by atoms with Crippen LogP contribution in [0.4, 0.5) is 0 Å². The minimum atomic E-state index is -1.74. The number of aliphatic carboxylic acids is 2. The van der Waals surface area contributed by atoms with Crippen molar-refractivity contribution in [1.29, 1.82) is 0 Å². The van der Waals surface area contributed by atoms with Gasteiger partial charge in [-0.1, -0.05) is 71.8 Å². The summed E-state index contributed by atoms with van der Waals surface area (Å²) in [6.07, 6.45) is 4.07. The molecule has 14 nitrogen and oxygen atoms in total. The highest BCUT2D eigenvalue weighted by atomic mass is 32.1. The third kappa shape index (κ3) is 13.5. The Morgan fingerprint density at radius 2 is 1.56 bits per heavy atom. The summed E-state index contributed by atoms with van der Waals surface area (Å²) in [6, 6.07) is -2.05. The maximum absolute atomic E-state index is 13.9. The molecule has 1 heterocycles. The van der Waals surface area contributed by atoms with Gasteiger partial charge in [0.05, 0.1) is 12.1 Å². The Labute approximate surface area is 286 Å². The van der Waals surface area contributed by atoms with Crippen molar-refractivity contribution in [3.63, 3.8) is 0 Å². The lowest BCUT2D eigenvalue weighted by Gasteiger charge is -2.32. The van der Waals surface area contributed by atoms with Gasteiger partial charge in [0, 0.05) is 17.7 Å². The molecule has 0 aromatic carbocycles. The predicted molar refractivity (Wildman–Crippen MR) is 180 cm³/mol. The molecule has 1 aliphatic carbocycles. The molecule has 48 heavy (non-hydrogen) atoms. The third-order valence-corrected chi connectivity index (χ3v) is 9.80. The summed E-state index contributed by atoms with van der Waals surface area (Å²) in [5, 5.41) is 42.1. The van der Waals surface area contributed by atoms with E-state index in [0.29, 0.717) is 12.8 Å². The van der Waals surface area contributed by atoms with Crippen molar-refractivity contribution in [2.45, 2.75) is 134 Å². The number of carboxylic acids is 2. The van der Waals surface area contributed by atoms with E-state index in [4.69, 9.17) is 10.8 Å². The second-order valence-electron chi connectivity index (χ2n) is 12.7. The Balaban J connectivity index is 2.31. The molecule has 0 bridgehead atoms. The lowest BCUT2D eigenvalue weighted by molar-refractivity contribution is -0.144. The van der Waals surface area contributed by atoms with E-state index in [2.05, 4.69) is 21.3 Å². The zero-order valence-corrected chi connectivity index (χ0v) is 28.9. The minimum Gasteiger partial charge on any atom is -0.481 e. The number of carbonyl (C=O) groups excluding carboxylic acids is 4. The number of nitrogens with two attached hydrogens (primary N) is 1. The monoisotopic (exact) mass is 695 g/mol. The fourth-order valence-electron chi connectivity index (χ4n) is 5.79. The number of hydrogen-bond donors (Lipinski definition) is 8. The molecule has 1 saturated carbocycles. The molecule has 270 valence electrons. The molecule has 15 heteroatoms. The second kappa shape index (κ2) is 20.7. The quantitative estimate of drug-likeness (QED) is 0.0926. The van der Waals surface area contributed by atoms with Gasteiger partial charge in [-0.05, 0) is 42.5 Å². The van der Waals surface area contributed by atoms with Crippen molar-refractivity contribution in [1.82, 2.24) is 21.3 Å². The van der Waals surface area contributed by atoms with Crippen LogP contribution in [0.1, 0.15) is 96.3 Å². The molecule has 1 aliphatic rings. The van der Waals surface area contributed by atoms with Gasteiger partial charge in [0.25, 0.3) is 5.91 Å². The zero-order valence-electron chi connectivity index (χ0n) is 28.1. The normalized spacial score (nSPS) is 17.9. The third-order valence-electron chi connectivity index (χ3n) is 8.90. The van der Waals surface area contributed by atoms with Crippen molar-refractivity contribution < 1.29 is 44.1 Å². The highest BCUT2D eigenvalue weighted by Gasteiger charge is 2.36. The Hall–Kier alpha value is -3.56. The van der Waals surface area contributed by atoms with Crippen LogP contribution in [-0.4, -0.2) is 87.2 Å². The Bertz CT molecular complexity index is 1210. The highest BCUT2D eigenvalue weighted by Crippen LogP contribution is 2.28. The SMILES string of the molecule is CCC[C@H](NC(=O)[C@H](O)[C@@H](CC1CCCCC1)NC(=O)[C@H](Cc1cccs1)NC(=O)[C@@H](NC(=O)[C@@H](N)CCC(=O)O)[C@@H](C)CC)C(=O)O. The average molecular weight is 696 g/mol. The summed E-state index contributed by atoms with van der Waals surface area (Å²) in [6.45, 7) is 5.35. The van der Waals surface area contributed by atoms with Crippen molar-refractivity contribution in [3.05, 3.63) is 22.4 Å². The van der Waals surface area contributed by atoms with Crippen LogP contribution in [0.25, 0.3) is 0 Å². The molecule has 1 fully saturated rings. The molecule has 9 N–H and O–H groups in total. The lowest BCUT2D eigenvalue weighted by Crippen LogP contribution is -2.60. The van der Waals surface area contributed by atoms with Crippen LogP contribution in [0.5, 0.6) is 0 Å². The molecule has 4 amide bonds. The fraction of sp³-hybridized carbons (Fsp3) is 0.697. The van der Waals surface area contributed by atoms with Crippen LogP contribution in [-0.2, 0) is 35.2 Å². The number of nitrogens with one attached hydrogen (secondary N) is 4. The maximum Gasteiger partial charge on any atom is 0.326 e. The van der Waals surface area contributed by atoms with Crippen LogP contribution in [0, 0.1) is 11.8 Å². The largest absolute Gasteiger partial charge is 0.481 e. The minimum absolute atomic E-state index is 0.0879. The van der Waals surface area contributed by atoms with Gasteiger partial charge < -0.3 is 42.3 Å². The maximum atomic E-state index is 13.9. The summed E-state index contributed by atoms with van der Waals surface area (Å²) in [5.41, 5.74) is 5.88. The summed E-state index contributed by atoms with van der Waals surface area (Å²) in [5.74, 6) is -5.49. The van der Waals surface area contributed by atoms with E-state index in [0.717, 1.165) is 37.0 Å². The van der Waals surface area contributed by atoms with Gasteiger partial charge in [-0.25, -0.2) is 4.79 Å². The topological polar surface area (TPSA) is 237 Å². The van der Waals surface area contributed by atoms with Gasteiger partial charge in [0.2, 0.25) is 17.7 Å². The second-order valence-corrected chi connectivity index (χ2v) is 13.8.